The summed E-state index contributed by atoms with van der Waals surface area (Å²) in [4.78, 5) is 64.8. The van der Waals surface area contributed by atoms with Crippen LogP contribution < -0.4 is 24.8 Å². The smallest absolute Gasteiger partial charge is 0.438 e. The van der Waals surface area contributed by atoms with Crippen LogP contribution in [-0.2, 0) is 35.3 Å². The largest absolute Gasteiger partial charge is 0.497 e. The van der Waals surface area contributed by atoms with Crippen LogP contribution in [-0.4, -0.2) is 95.3 Å². The number of hydrogen-bond donors (Lipinski definition) is 3. The predicted octanol–water partition coefficient (Wildman–Crippen LogP) is 4.44. The Hall–Kier alpha value is -4.68. The van der Waals surface area contributed by atoms with Crippen LogP contribution in [0.4, 0.5) is 18.0 Å². The van der Waals surface area contributed by atoms with E-state index in [1.54, 1.807) is 6.08 Å². The Morgan fingerprint density at radius 1 is 1.00 bits per heavy atom. The van der Waals surface area contributed by atoms with Gasteiger partial charge < -0.3 is 29.7 Å². The third-order valence-corrected chi connectivity index (χ3v) is 13.9. The minimum atomic E-state index is -5.00. The van der Waals surface area contributed by atoms with Gasteiger partial charge >= 0.3 is 12.3 Å². The van der Waals surface area contributed by atoms with Gasteiger partial charge in [-0.25, -0.2) is 23.2 Å². The van der Waals surface area contributed by atoms with E-state index in [1.165, 1.54) is 32.2 Å². The summed E-state index contributed by atoms with van der Waals surface area (Å²) in [6.45, 7) is 1.14. The number of amides is 4. The highest BCUT2D eigenvalue weighted by atomic mass is 32.2. The van der Waals surface area contributed by atoms with Crippen molar-refractivity contribution in [3.63, 3.8) is 0 Å². The Balaban J connectivity index is 1.20. The molecule has 0 spiro atoms. The number of hydrogen-bond acceptors (Lipinski definition) is 11. The molecule has 3 saturated carbocycles. The first-order valence-corrected chi connectivity index (χ1v) is 20.9. The second-order valence-corrected chi connectivity index (χ2v) is 18.1. The number of allylic oxidation sites excluding steroid dienone is 1. The van der Waals surface area contributed by atoms with Crippen LogP contribution in [0.15, 0.2) is 30.4 Å². The highest BCUT2D eigenvalue weighted by Crippen LogP contribution is 2.47. The lowest BCUT2D eigenvalue weighted by Crippen LogP contribution is -2.58. The Kier molecular flexibility index (Phi) is 11.1. The molecule has 5 atom stereocenters. The Bertz CT molecular complexity index is 2060. The van der Waals surface area contributed by atoms with Crippen molar-refractivity contribution in [1.82, 2.24) is 30.2 Å². The van der Waals surface area contributed by atoms with Gasteiger partial charge in [0.15, 0.2) is 0 Å². The Morgan fingerprint density at radius 3 is 2.44 bits per heavy atom. The molecule has 4 amide bonds. The first kappa shape index (κ1) is 40.5. The maximum Gasteiger partial charge on any atom is 0.438 e. The zero-order chi connectivity index (χ0) is 40.8. The molecule has 310 valence electrons. The highest BCUT2D eigenvalue weighted by molar-refractivity contribution is 7.91. The number of fused-ring (bicyclic) bond motifs is 3. The standard InChI is InChI=1S/C38H47F3N6O9S/c1-36(16-17-36)57(52,53)46-34(50)37-20-22(37)10-6-4-3-5-7-13-27(44-35(51)56-23-11-8-9-12-23)33(49)47-21-25(19-29(47)31(48)45-37)55-32-30(38(39,40)41)42-28-18-24(54-2)14-15-26(28)43-32/h6,10,14-15,18,22-23,25,27,29H,3-5,7-9,11-13,16-17,19-21H2,1-2H3,(H,44,51)(H,45,48)(H,46,50)/b10-6+/t22-,25-,27+,29+,37-/m1/s1. The molecular formula is C38H47F3N6O9S. The molecule has 19 heteroatoms. The number of ether oxygens (including phenoxy) is 3. The van der Waals surface area contributed by atoms with E-state index in [1.807, 2.05) is 6.08 Å². The van der Waals surface area contributed by atoms with Gasteiger partial charge in [0.25, 0.3) is 5.91 Å². The third-order valence-electron chi connectivity index (χ3n) is 11.7. The van der Waals surface area contributed by atoms with E-state index in [4.69, 9.17) is 14.2 Å². The predicted molar refractivity (Wildman–Crippen MR) is 197 cm³/mol. The van der Waals surface area contributed by atoms with Crippen molar-refractivity contribution in [1.29, 1.82) is 0 Å². The summed E-state index contributed by atoms with van der Waals surface area (Å²) in [5.74, 6) is -3.62. The van der Waals surface area contributed by atoms with E-state index >= 15 is 0 Å². The van der Waals surface area contributed by atoms with Gasteiger partial charge in [0, 0.05) is 18.4 Å². The SMILES string of the molecule is COc1ccc2nc(O[C@@H]3C[C@H]4C(=O)N[C@]5(C(=O)NS(=O)(=O)C6(C)CC6)C[C@H]5/C=C/CCCCC[C@H](NC(=O)OC5CCCC5)C(=O)N4C3)c(C(F)(F)F)nc2c1. The number of carbonyl (C=O) groups excluding carboxylic acids is 4. The summed E-state index contributed by atoms with van der Waals surface area (Å²) < 4.78 is 87.2. The topological polar surface area (TPSA) is 195 Å². The quantitative estimate of drug-likeness (QED) is 0.319. The lowest BCUT2D eigenvalue weighted by molar-refractivity contribution is -0.143. The molecule has 0 radical (unpaired) electrons. The van der Waals surface area contributed by atoms with Gasteiger partial charge in [0.05, 0.1) is 29.4 Å². The highest BCUT2D eigenvalue weighted by Gasteiger charge is 2.63. The van der Waals surface area contributed by atoms with Crippen LogP contribution in [0, 0.1) is 5.92 Å². The van der Waals surface area contributed by atoms with Crippen molar-refractivity contribution in [3.05, 3.63) is 36.0 Å². The number of benzene rings is 1. The zero-order valence-corrected chi connectivity index (χ0v) is 32.5. The minimum absolute atomic E-state index is 0.0706. The van der Waals surface area contributed by atoms with Crippen molar-refractivity contribution in [2.75, 3.05) is 13.7 Å². The second-order valence-electron chi connectivity index (χ2n) is 15.9. The number of alkyl halides is 3. The normalized spacial score (nSPS) is 28.5. The maximum atomic E-state index is 14.5. The molecule has 1 aromatic carbocycles. The number of halogens is 3. The molecule has 3 aliphatic carbocycles. The van der Waals surface area contributed by atoms with Crippen molar-refractivity contribution in [2.24, 2.45) is 5.92 Å². The molecule has 1 saturated heterocycles. The number of sulfonamides is 1. The summed E-state index contributed by atoms with van der Waals surface area (Å²) in [5.41, 5.74) is -3.13. The van der Waals surface area contributed by atoms with Crippen LogP contribution in [0.25, 0.3) is 11.0 Å². The minimum Gasteiger partial charge on any atom is -0.497 e. The van der Waals surface area contributed by atoms with Crippen LogP contribution in [0.5, 0.6) is 11.6 Å². The third kappa shape index (κ3) is 8.62. The van der Waals surface area contributed by atoms with Crippen molar-refractivity contribution >= 4 is 44.9 Å². The van der Waals surface area contributed by atoms with Crippen LogP contribution >= 0.6 is 0 Å². The molecular weight excluding hydrogens is 774 g/mol. The van der Waals surface area contributed by atoms with E-state index in [9.17, 15) is 40.8 Å². The van der Waals surface area contributed by atoms with Crippen molar-refractivity contribution in [2.45, 2.75) is 131 Å². The molecule has 5 aliphatic rings. The molecule has 0 bridgehead atoms. The zero-order valence-electron chi connectivity index (χ0n) is 31.7. The molecule has 3 N–H and O–H groups in total. The average molecular weight is 821 g/mol. The van der Waals surface area contributed by atoms with Gasteiger partial charge in [-0.15, -0.1) is 0 Å². The summed E-state index contributed by atoms with van der Waals surface area (Å²) >= 11 is 0. The summed E-state index contributed by atoms with van der Waals surface area (Å²) in [7, 11) is -2.73. The van der Waals surface area contributed by atoms with Gasteiger partial charge in [-0.05, 0) is 83.3 Å². The number of nitrogens with one attached hydrogen (secondary N) is 3. The molecule has 3 heterocycles. The summed E-state index contributed by atoms with van der Waals surface area (Å²) in [6, 6.07) is 1.65. The average Bonchev–Trinajstić information content (AvgIpc) is 3.93. The van der Waals surface area contributed by atoms with Crippen LogP contribution in [0.2, 0.25) is 0 Å². The number of alkyl carbamates (subject to hydrolysis) is 1. The molecule has 2 aliphatic heterocycles. The molecule has 4 fully saturated rings. The number of aromatic nitrogens is 2. The van der Waals surface area contributed by atoms with E-state index in [0.717, 1.165) is 17.7 Å². The summed E-state index contributed by atoms with van der Waals surface area (Å²) in [5, 5.41) is 5.41. The molecule has 1 aromatic heterocycles. The fraction of sp³-hybridized carbons (Fsp3) is 0.632. The fourth-order valence-corrected chi connectivity index (χ4v) is 9.16. The lowest BCUT2D eigenvalue weighted by atomic mass is 10.0. The fourth-order valence-electron chi connectivity index (χ4n) is 7.85. The first-order valence-electron chi connectivity index (χ1n) is 19.4. The van der Waals surface area contributed by atoms with E-state index in [2.05, 4.69) is 25.3 Å². The molecule has 2 aromatic rings. The number of methoxy groups -OCH3 is 1. The molecule has 57 heavy (non-hydrogen) atoms. The van der Waals surface area contributed by atoms with Gasteiger partial charge in [-0.3, -0.25) is 19.1 Å². The van der Waals surface area contributed by atoms with Gasteiger partial charge in [0.2, 0.25) is 33.4 Å². The van der Waals surface area contributed by atoms with E-state index < -0.39 is 86.0 Å². The second kappa shape index (κ2) is 15.6. The van der Waals surface area contributed by atoms with Gasteiger partial charge in [-0.1, -0.05) is 25.0 Å². The Morgan fingerprint density at radius 2 is 1.74 bits per heavy atom. The molecule has 15 nitrogen and oxygen atoms in total. The first-order chi connectivity index (χ1) is 27.0. The maximum absolute atomic E-state index is 14.5. The monoisotopic (exact) mass is 820 g/mol. The number of rotatable bonds is 8. The Labute approximate surface area is 327 Å². The molecule has 7 rings (SSSR count). The van der Waals surface area contributed by atoms with Crippen LogP contribution in [0.3, 0.4) is 0 Å². The van der Waals surface area contributed by atoms with E-state index in [-0.39, 0.29) is 48.7 Å². The van der Waals surface area contributed by atoms with Crippen molar-refractivity contribution in [3.8, 4) is 11.6 Å². The van der Waals surface area contributed by atoms with Gasteiger partial charge in [0.1, 0.15) is 35.6 Å². The van der Waals surface area contributed by atoms with Crippen LogP contribution in [0.1, 0.15) is 96.1 Å². The summed E-state index contributed by atoms with van der Waals surface area (Å²) in [6.07, 6.45) is 2.66. The lowest BCUT2D eigenvalue weighted by Gasteiger charge is -2.30. The van der Waals surface area contributed by atoms with Crippen molar-refractivity contribution < 1.29 is 55.0 Å². The number of nitrogens with zero attached hydrogens (tertiary/aromatic N) is 3. The van der Waals surface area contributed by atoms with E-state index in [0.29, 0.717) is 51.4 Å². The number of carbonyl (C=O) groups is 4. The molecule has 0 unspecified atom stereocenters. The van der Waals surface area contributed by atoms with Gasteiger partial charge in [-0.2, -0.15) is 13.2 Å².